The number of benzene rings is 1. The molecule has 1 heterocycles. The molecule has 1 aliphatic heterocycles. The number of Topliss-reactive ketones (excluding diaryl/α,β-unsaturated/α-hetero) is 1. The number of carbonyl (C=O) groups is 1. The minimum atomic E-state index is -0.454. The van der Waals surface area contributed by atoms with E-state index in [1.54, 1.807) is 6.07 Å². The van der Waals surface area contributed by atoms with Crippen molar-refractivity contribution >= 4 is 44.9 Å². The molecule has 1 aliphatic rings. The predicted octanol–water partition coefficient (Wildman–Crippen LogP) is 4.11. The molecule has 1 aromatic carbocycles. The van der Waals surface area contributed by atoms with Crippen LogP contribution in [0.3, 0.4) is 0 Å². The van der Waals surface area contributed by atoms with E-state index in [1.807, 2.05) is 6.92 Å². The first-order valence-corrected chi connectivity index (χ1v) is 5.99. The lowest BCUT2D eigenvalue weighted by atomic mass is 10.1. The van der Waals surface area contributed by atoms with Gasteiger partial charge in [0.1, 0.15) is 0 Å². The maximum Gasteiger partial charge on any atom is 0.208 e. The lowest BCUT2D eigenvalue weighted by Crippen LogP contribution is -2.18. The van der Waals surface area contributed by atoms with E-state index in [0.29, 0.717) is 32.3 Å². The van der Waals surface area contributed by atoms with E-state index >= 15 is 0 Å². The van der Waals surface area contributed by atoms with Gasteiger partial charge in [-0.05, 0) is 28.4 Å². The van der Waals surface area contributed by atoms with Crippen LogP contribution in [0.1, 0.15) is 23.7 Å². The average Bonchev–Trinajstić information content (AvgIpc) is 2.53. The summed E-state index contributed by atoms with van der Waals surface area (Å²) >= 11 is 15.2. The van der Waals surface area contributed by atoms with Crippen LogP contribution < -0.4 is 4.74 Å². The van der Waals surface area contributed by atoms with Crippen molar-refractivity contribution < 1.29 is 9.53 Å². The lowest BCUT2D eigenvalue weighted by Gasteiger charge is -2.06. The van der Waals surface area contributed by atoms with Crippen LogP contribution in [0.2, 0.25) is 10.0 Å². The smallest absolute Gasteiger partial charge is 0.208 e. The average molecular weight is 310 g/mol. The topological polar surface area (TPSA) is 26.3 Å². The van der Waals surface area contributed by atoms with Crippen LogP contribution in [0.5, 0.6) is 5.75 Å². The first-order valence-electron chi connectivity index (χ1n) is 4.44. The summed E-state index contributed by atoms with van der Waals surface area (Å²) in [5.41, 5.74) is 0.392. The molecule has 0 aliphatic carbocycles. The van der Waals surface area contributed by atoms with Gasteiger partial charge < -0.3 is 4.74 Å². The maximum atomic E-state index is 11.9. The fourth-order valence-corrected chi connectivity index (χ4v) is 2.58. The Morgan fingerprint density at radius 2 is 2.20 bits per heavy atom. The van der Waals surface area contributed by atoms with Gasteiger partial charge >= 0.3 is 0 Å². The summed E-state index contributed by atoms with van der Waals surface area (Å²) in [5, 5.41) is 0.779. The molecular weight excluding hydrogens is 303 g/mol. The molecule has 0 bridgehead atoms. The van der Waals surface area contributed by atoms with Crippen molar-refractivity contribution in [3.63, 3.8) is 0 Å². The number of fused-ring (bicyclic) bond motifs is 1. The lowest BCUT2D eigenvalue weighted by molar-refractivity contribution is 0.0853. The Balaban J connectivity index is 2.64. The van der Waals surface area contributed by atoms with Gasteiger partial charge in [0.25, 0.3) is 0 Å². The van der Waals surface area contributed by atoms with Gasteiger partial charge in [-0.1, -0.05) is 30.1 Å². The highest BCUT2D eigenvalue weighted by atomic mass is 79.9. The number of halogens is 3. The summed E-state index contributed by atoms with van der Waals surface area (Å²) in [7, 11) is 0. The van der Waals surface area contributed by atoms with Crippen molar-refractivity contribution in [3.05, 3.63) is 26.1 Å². The molecule has 1 atom stereocenters. The first-order chi connectivity index (χ1) is 7.06. The zero-order chi connectivity index (χ0) is 11.2. The van der Waals surface area contributed by atoms with Crippen LogP contribution in [-0.4, -0.2) is 11.9 Å². The first kappa shape index (κ1) is 11.2. The van der Waals surface area contributed by atoms with Crippen molar-refractivity contribution in [3.8, 4) is 5.75 Å². The molecule has 1 unspecified atom stereocenters. The quantitative estimate of drug-likeness (QED) is 0.730. The van der Waals surface area contributed by atoms with Crippen LogP contribution in [0, 0.1) is 0 Å². The molecular formula is C10H7BrCl2O2. The molecule has 0 saturated heterocycles. The van der Waals surface area contributed by atoms with Crippen LogP contribution >= 0.6 is 39.1 Å². The number of carbonyl (C=O) groups excluding carboxylic acids is 1. The Kier molecular flexibility index (Phi) is 2.97. The van der Waals surface area contributed by atoms with Gasteiger partial charge in [0.05, 0.1) is 15.6 Å². The molecule has 0 amide bonds. The van der Waals surface area contributed by atoms with Crippen molar-refractivity contribution in [1.82, 2.24) is 0 Å². The molecule has 5 heteroatoms. The second-order valence-electron chi connectivity index (χ2n) is 3.24. The standard InChI is InChI=1S/C10H7BrCl2O2/c1-2-6-9(14)7-8(13)4(11)3-5(12)10(7)15-6/h3,6H,2H2,1H3. The molecule has 0 fully saturated rings. The molecule has 2 rings (SSSR count). The summed E-state index contributed by atoms with van der Waals surface area (Å²) < 4.78 is 6.06. The highest BCUT2D eigenvalue weighted by molar-refractivity contribution is 9.10. The number of rotatable bonds is 1. The van der Waals surface area contributed by atoms with Crippen LogP contribution in [0.4, 0.5) is 0 Å². The van der Waals surface area contributed by atoms with Gasteiger partial charge in [0, 0.05) is 4.47 Å². The van der Waals surface area contributed by atoms with E-state index in [9.17, 15) is 4.79 Å². The van der Waals surface area contributed by atoms with Crippen molar-refractivity contribution in [2.24, 2.45) is 0 Å². The Morgan fingerprint density at radius 1 is 1.53 bits per heavy atom. The third-order valence-corrected chi connectivity index (χ3v) is 3.82. The van der Waals surface area contributed by atoms with Crippen molar-refractivity contribution in [1.29, 1.82) is 0 Å². The predicted molar refractivity (Wildman–Crippen MR) is 63.2 cm³/mol. The van der Waals surface area contributed by atoms with E-state index in [2.05, 4.69) is 15.9 Å². The highest BCUT2D eigenvalue weighted by Gasteiger charge is 2.35. The van der Waals surface area contributed by atoms with E-state index in [1.165, 1.54) is 0 Å². The normalized spacial score (nSPS) is 18.9. The number of hydrogen-bond donors (Lipinski definition) is 0. The molecule has 0 saturated carbocycles. The molecule has 0 radical (unpaired) electrons. The Bertz CT molecular complexity index is 446. The fraction of sp³-hybridized carbons (Fsp3) is 0.300. The van der Waals surface area contributed by atoms with Crippen LogP contribution in [0.15, 0.2) is 10.5 Å². The van der Waals surface area contributed by atoms with Crippen LogP contribution in [-0.2, 0) is 0 Å². The van der Waals surface area contributed by atoms with E-state index < -0.39 is 6.10 Å². The molecule has 2 nitrogen and oxygen atoms in total. The molecule has 1 aromatic rings. The molecule has 0 N–H and O–H groups in total. The van der Waals surface area contributed by atoms with Gasteiger partial charge in [-0.25, -0.2) is 0 Å². The van der Waals surface area contributed by atoms with Gasteiger partial charge in [0.2, 0.25) is 5.78 Å². The molecule has 0 aromatic heterocycles. The Hall–Kier alpha value is -0.250. The molecule has 15 heavy (non-hydrogen) atoms. The zero-order valence-electron chi connectivity index (χ0n) is 7.81. The van der Waals surface area contributed by atoms with Gasteiger partial charge in [-0.2, -0.15) is 0 Å². The SMILES string of the molecule is CCC1Oc2c(Cl)cc(Br)c(Cl)c2C1=O. The van der Waals surface area contributed by atoms with Crippen LogP contribution in [0.25, 0.3) is 0 Å². The summed E-state index contributed by atoms with van der Waals surface area (Å²) in [4.78, 5) is 11.9. The summed E-state index contributed by atoms with van der Waals surface area (Å²) in [6.07, 6.45) is 0.155. The van der Waals surface area contributed by atoms with Gasteiger partial charge in [0.15, 0.2) is 11.9 Å². The second-order valence-corrected chi connectivity index (χ2v) is 4.88. The third kappa shape index (κ3) is 1.67. The monoisotopic (exact) mass is 308 g/mol. The number of hydrogen-bond acceptors (Lipinski definition) is 2. The number of ketones is 1. The largest absolute Gasteiger partial charge is 0.480 e. The van der Waals surface area contributed by atoms with E-state index in [4.69, 9.17) is 27.9 Å². The van der Waals surface area contributed by atoms with Crippen molar-refractivity contribution in [2.75, 3.05) is 0 Å². The second kappa shape index (κ2) is 3.96. The summed E-state index contributed by atoms with van der Waals surface area (Å²) in [5.74, 6) is 0.308. The van der Waals surface area contributed by atoms with E-state index in [0.717, 1.165) is 0 Å². The number of ether oxygens (including phenoxy) is 1. The third-order valence-electron chi connectivity index (χ3n) is 2.30. The van der Waals surface area contributed by atoms with E-state index in [-0.39, 0.29) is 5.78 Å². The summed E-state index contributed by atoms with van der Waals surface area (Å²) in [6, 6.07) is 1.63. The zero-order valence-corrected chi connectivity index (χ0v) is 10.9. The molecule has 0 spiro atoms. The minimum absolute atomic E-state index is 0.0966. The van der Waals surface area contributed by atoms with Crippen molar-refractivity contribution in [2.45, 2.75) is 19.4 Å². The van der Waals surface area contributed by atoms with Gasteiger partial charge in [-0.3, -0.25) is 4.79 Å². The van der Waals surface area contributed by atoms with Gasteiger partial charge in [-0.15, -0.1) is 0 Å². The Labute approximate surface area is 106 Å². The fourth-order valence-electron chi connectivity index (χ4n) is 1.54. The minimum Gasteiger partial charge on any atom is -0.480 e. The maximum absolute atomic E-state index is 11.9. The Morgan fingerprint density at radius 3 is 2.80 bits per heavy atom. The highest BCUT2D eigenvalue weighted by Crippen LogP contribution is 2.44. The summed E-state index contributed by atoms with van der Waals surface area (Å²) in [6.45, 7) is 1.88. The molecule has 80 valence electrons.